The predicted octanol–water partition coefficient (Wildman–Crippen LogP) is 3.69. The van der Waals surface area contributed by atoms with Crippen LogP contribution in [0.1, 0.15) is 40.2 Å². The van der Waals surface area contributed by atoms with Crippen molar-refractivity contribution < 1.29 is 4.79 Å². The number of hydrogen-bond donors (Lipinski definition) is 1. The summed E-state index contributed by atoms with van der Waals surface area (Å²) < 4.78 is 0. The first-order chi connectivity index (χ1) is 8.65. The fraction of sp³-hybridized carbons (Fsp3) is 0.267. The number of nitrogens with two attached hydrogens (primary N) is 1. The number of anilines is 1. The lowest BCUT2D eigenvalue weighted by Gasteiger charge is -2.01. The smallest absolute Gasteiger partial charge is 0.195 e. The van der Waals surface area contributed by atoms with Crippen molar-refractivity contribution in [2.75, 3.05) is 5.73 Å². The number of hydrogen-bond acceptors (Lipinski definition) is 3. The summed E-state index contributed by atoms with van der Waals surface area (Å²) in [6, 6.07) is 9.66. The zero-order valence-corrected chi connectivity index (χ0v) is 11.5. The lowest BCUT2D eigenvalue weighted by atomic mass is 10.0. The molecule has 0 saturated heterocycles. The fourth-order valence-corrected chi connectivity index (χ4v) is 2.72. The average molecular weight is 259 g/mol. The Morgan fingerprint density at radius 3 is 2.33 bits per heavy atom. The number of aryl methyl sites for hydroxylation is 2. The van der Waals surface area contributed by atoms with E-state index in [9.17, 15) is 4.79 Å². The van der Waals surface area contributed by atoms with Gasteiger partial charge in [-0.1, -0.05) is 38.1 Å². The molecule has 0 atom stereocenters. The standard InChI is InChI=1S/C15H17NOS/c1-3-10-5-7-11(8-6-10)14(17)13-9-12(4-2)18-15(13)16/h5-9H,3-4,16H2,1-2H3. The van der Waals surface area contributed by atoms with Crippen LogP contribution in [0.5, 0.6) is 0 Å². The van der Waals surface area contributed by atoms with Gasteiger partial charge in [0.1, 0.15) is 0 Å². The van der Waals surface area contributed by atoms with Gasteiger partial charge in [0.05, 0.1) is 10.6 Å². The maximum absolute atomic E-state index is 12.3. The van der Waals surface area contributed by atoms with Crippen LogP contribution in [0.15, 0.2) is 30.3 Å². The number of benzene rings is 1. The molecule has 3 heteroatoms. The van der Waals surface area contributed by atoms with Crippen molar-refractivity contribution in [2.45, 2.75) is 26.7 Å². The lowest BCUT2D eigenvalue weighted by molar-refractivity contribution is 0.104. The average Bonchev–Trinajstić information content (AvgIpc) is 2.79. The van der Waals surface area contributed by atoms with E-state index in [0.29, 0.717) is 16.1 Å². The highest BCUT2D eigenvalue weighted by molar-refractivity contribution is 7.16. The molecular formula is C15H17NOS. The Balaban J connectivity index is 2.31. The molecule has 0 fully saturated rings. The number of rotatable bonds is 4. The molecule has 18 heavy (non-hydrogen) atoms. The molecular weight excluding hydrogens is 242 g/mol. The molecule has 0 aliphatic rings. The van der Waals surface area contributed by atoms with E-state index in [1.54, 1.807) is 0 Å². The van der Waals surface area contributed by atoms with E-state index in [1.807, 2.05) is 30.3 Å². The highest BCUT2D eigenvalue weighted by Gasteiger charge is 2.15. The Morgan fingerprint density at radius 2 is 1.83 bits per heavy atom. The third-order valence-electron chi connectivity index (χ3n) is 3.03. The van der Waals surface area contributed by atoms with Crippen LogP contribution < -0.4 is 5.73 Å². The van der Waals surface area contributed by atoms with Gasteiger partial charge < -0.3 is 5.73 Å². The van der Waals surface area contributed by atoms with Gasteiger partial charge in [-0.05, 0) is 24.5 Å². The molecule has 0 aliphatic carbocycles. The molecule has 1 heterocycles. The molecule has 2 nitrogen and oxygen atoms in total. The van der Waals surface area contributed by atoms with Crippen LogP contribution in [0.4, 0.5) is 5.00 Å². The summed E-state index contributed by atoms with van der Waals surface area (Å²) in [6.07, 6.45) is 1.89. The first-order valence-electron chi connectivity index (χ1n) is 6.17. The highest BCUT2D eigenvalue weighted by atomic mass is 32.1. The van der Waals surface area contributed by atoms with Gasteiger partial charge in [0.15, 0.2) is 5.78 Å². The molecule has 0 bridgehead atoms. The zero-order chi connectivity index (χ0) is 13.1. The van der Waals surface area contributed by atoms with E-state index in [1.165, 1.54) is 16.9 Å². The molecule has 0 saturated carbocycles. The molecule has 0 aliphatic heterocycles. The maximum Gasteiger partial charge on any atom is 0.195 e. The van der Waals surface area contributed by atoms with Crippen LogP contribution >= 0.6 is 11.3 Å². The second-order valence-corrected chi connectivity index (χ2v) is 5.39. The zero-order valence-electron chi connectivity index (χ0n) is 10.7. The summed E-state index contributed by atoms with van der Waals surface area (Å²) in [6.45, 7) is 4.16. The molecule has 1 aromatic heterocycles. The van der Waals surface area contributed by atoms with Crippen LogP contribution in [0, 0.1) is 0 Å². The maximum atomic E-state index is 12.3. The largest absolute Gasteiger partial charge is 0.390 e. The van der Waals surface area contributed by atoms with Crippen LogP contribution in [-0.4, -0.2) is 5.78 Å². The SMILES string of the molecule is CCc1ccc(C(=O)c2cc(CC)sc2N)cc1. The number of thiophene rings is 1. The van der Waals surface area contributed by atoms with E-state index in [2.05, 4.69) is 13.8 Å². The van der Waals surface area contributed by atoms with E-state index in [4.69, 9.17) is 5.73 Å². The summed E-state index contributed by atoms with van der Waals surface area (Å²) >= 11 is 1.50. The van der Waals surface area contributed by atoms with Crippen LogP contribution in [0.3, 0.4) is 0 Å². The molecule has 0 amide bonds. The summed E-state index contributed by atoms with van der Waals surface area (Å²) in [4.78, 5) is 13.5. The Bertz CT molecular complexity index is 554. The number of ketones is 1. The normalized spacial score (nSPS) is 10.6. The monoisotopic (exact) mass is 259 g/mol. The number of nitrogen functional groups attached to an aromatic ring is 1. The molecule has 2 aromatic rings. The van der Waals surface area contributed by atoms with Crippen molar-refractivity contribution >= 4 is 22.1 Å². The predicted molar refractivity (Wildman–Crippen MR) is 77.4 cm³/mol. The summed E-state index contributed by atoms with van der Waals surface area (Å²) in [5.74, 6) is 0.0195. The quantitative estimate of drug-likeness (QED) is 0.851. The van der Waals surface area contributed by atoms with Gasteiger partial charge in [0.2, 0.25) is 0 Å². The molecule has 2 rings (SSSR count). The van der Waals surface area contributed by atoms with E-state index in [-0.39, 0.29) is 5.78 Å². The second kappa shape index (κ2) is 5.36. The summed E-state index contributed by atoms with van der Waals surface area (Å²) in [5, 5.41) is 0.622. The third kappa shape index (κ3) is 2.46. The van der Waals surface area contributed by atoms with Gasteiger partial charge in [0, 0.05) is 10.4 Å². The van der Waals surface area contributed by atoms with Gasteiger partial charge >= 0.3 is 0 Å². The topological polar surface area (TPSA) is 43.1 Å². The van der Waals surface area contributed by atoms with Crippen molar-refractivity contribution in [3.8, 4) is 0 Å². The minimum Gasteiger partial charge on any atom is -0.390 e. The second-order valence-electron chi connectivity index (χ2n) is 4.22. The highest BCUT2D eigenvalue weighted by Crippen LogP contribution is 2.27. The van der Waals surface area contributed by atoms with Gasteiger partial charge in [0.25, 0.3) is 0 Å². The van der Waals surface area contributed by atoms with Crippen molar-refractivity contribution in [1.82, 2.24) is 0 Å². The van der Waals surface area contributed by atoms with Crippen LogP contribution in [0.25, 0.3) is 0 Å². The van der Waals surface area contributed by atoms with Gasteiger partial charge in [-0.3, -0.25) is 4.79 Å². The molecule has 1 aromatic carbocycles. The van der Waals surface area contributed by atoms with Crippen molar-refractivity contribution in [1.29, 1.82) is 0 Å². The number of carbonyl (C=O) groups is 1. The van der Waals surface area contributed by atoms with Gasteiger partial charge in [-0.2, -0.15) is 0 Å². The summed E-state index contributed by atoms with van der Waals surface area (Å²) in [7, 11) is 0. The minimum atomic E-state index is 0.0195. The molecule has 0 unspecified atom stereocenters. The van der Waals surface area contributed by atoms with Gasteiger partial charge in [-0.25, -0.2) is 0 Å². The van der Waals surface area contributed by atoms with Crippen molar-refractivity contribution in [3.05, 3.63) is 51.9 Å². The van der Waals surface area contributed by atoms with E-state index in [0.717, 1.165) is 17.7 Å². The third-order valence-corrected chi connectivity index (χ3v) is 4.14. The van der Waals surface area contributed by atoms with Gasteiger partial charge in [-0.15, -0.1) is 11.3 Å². The Morgan fingerprint density at radius 1 is 1.17 bits per heavy atom. The van der Waals surface area contributed by atoms with Crippen LogP contribution in [0.2, 0.25) is 0 Å². The molecule has 94 valence electrons. The Labute approximate surface area is 111 Å². The van der Waals surface area contributed by atoms with E-state index >= 15 is 0 Å². The first-order valence-corrected chi connectivity index (χ1v) is 6.99. The Hall–Kier alpha value is -1.61. The molecule has 0 spiro atoms. The van der Waals surface area contributed by atoms with Crippen molar-refractivity contribution in [2.24, 2.45) is 0 Å². The number of carbonyl (C=O) groups excluding carboxylic acids is 1. The fourth-order valence-electron chi connectivity index (χ4n) is 1.86. The summed E-state index contributed by atoms with van der Waals surface area (Å²) in [5.41, 5.74) is 8.49. The minimum absolute atomic E-state index is 0.0195. The Kier molecular flexibility index (Phi) is 3.82. The van der Waals surface area contributed by atoms with Crippen molar-refractivity contribution in [3.63, 3.8) is 0 Å². The van der Waals surface area contributed by atoms with Crippen LogP contribution in [-0.2, 0) is 12.8 Å². The molecule has 0 radical (unpaired) electrons. The van der Waals surface area contributed by atoms with E-state index < -0.39 is 0 Å². The lowest BCUT2D eigenvalue weighted by Crippen LogP contribution is -2.02. The first kappa shape index (κ1) is 12.8. The molecule has 2 N–H and O–H groups in total.